The lowest BCUT2D eigenvalue weighted by Gasteiger charge is -2.38. The van der Waals surface area contributed by atoms with E-state index in [4.69, 9.17) is 10.5 Å². The summed E-state index contributed by atoms with van der Waals surface area (Å²) in [7, 11) is 0. The van der Waals surface area contributed by atoms with Gasteiger partial charge >= 0.3 is 0 Å². The highest BCUT2D eigenvalue weighted by molar-refractivity contribution is 5.36. The lowest BCUT2D eigenvalue weighted by molar-refractivity contribution is -0.0522. The minimum absolute atomic E-state index is 0.374. The molecule has 2 bridgehead atoms. The second-order valence-electron chi connectivity index (χ2n) is 6.57. The summed E-state index contributed by atoms with van der Waals surface area (Å²) in [6.07, 6.45) is 6.03. The van der Waals surface area contributed by atoms with Gasteiger partial charge in [0.2, 0.25) is 0 Å². The van der Waals surface area contributed by atoms with Crippen molar-refractivity contribution in [1.29, 1.82) is 0 Å². The summed E-state index contributed by atoms with van der Waals surface area (Å²) in [5.74, 6) is 0.790. The minimum Gasteiger partial charge on any atom is -0.372 e. The van der Waals surface area contributed by atoms with Crippen LogP contribution in [-0.4, -0.2) is 36.7 Å². The van der Waals surface area contributed by atoms with E-state index in [1.54, 1.807) is 5.56 Å². The van der Waals surface area contributed by atoms with E-state index in [1.165, 1.54) is 31.2 Å². The highest BCUT2D eigenvalue weighted by atomic mass is 16.5. The fourth-order valence-electron chi connectivity index (χ4n) is 3.95. The van der Waals surface area contributed by atoms with Gasteiger partial charge < -0.3 is 10.5 Å². The Hall–Kier alpha value is -0.900. The molecule has 108 valence electrons. The molecular weight excluding hydrogens is 248 g/mol. The average molecular weight is 272 g/mol. The Balaban J connectivity index is 1.61. The third-order valence-corrected chi connectivity index (χ3v) is 5.11. The van der Waals surface area contributed by atoms with Crippen molar-refractivity contribution in [3.63, 3.8) is 0 Å². The Morgan fingerprint density at radius 3 is 2.45 bits per heavy atom. The van der Waals surface area contributed by atoms with E-state index < -0.39 is 0 Å². The van der Waals surface area contributed by atoms with Crippen LogP contribution in [0.4, 0.5) is 0 Å². The summed E-state index contributed by atoms with van der Waals surface area (Å²) in [5, 5.41) is 0. The van der Waals surface area contributed by atoms with Gasteiger partial charge in [0.1, 0.15) is 0 Å². The van der Waals surface area contributed by atoms with E-state index in [1.807, 2.05) is 0 Å². The molecule has 2 saturated heterocycles. The first-order valence-electron chi connectivity index (χ1n) is 8.03. The second-order valence-corrected chi connectivity index (χ2v) is 6.57. The first-order valence-corrected chi connectivity index (χ1v) is 8.03. The third kappa shape index (κ3) is 2.28. The molecule has 0 spiro atoms. The number of rotatable bonds is 4. The first-order chi connectivity index (χ1) is 9.85. The predicted molar refractivity (Wildman–Crippen MR) is 79.7 cm³/mol. The molecule has 0 amide bonds. The maximum Gasteiger partial charge on any atom is 0.0707 e. The van der Waals surface area contributed by atoms with Crippen molar-refractivity contribution in [2.24, 2.45) is 5.73 Å². The van der Waals surface area contributed by atoms with Gasteiger partial charge in [0.05, 0.1) is 12.2 Å². The SMILES string of the molecule is NCC(c1ccccc1C1CC1)N1CC2CCC(C1)O2. The van der Waals surface area contributed by atoms with Crippen LogP contribution in [0, 0.1) is 0 Å². The molecule has 3 unspecified atom stereocenters. The Labute approximate surface area is 121 Å². The normalized spacial score (nSPS) is 31.4. The fourth-order valence-corrected chi connectivity index (χ4v) is 3.95. The zero-order chi connectivity index (χ0) is 13.5. The maximum absolute atomic E-state index is 6.15. The number of benzene rings is 1. The maximum atomic E-state index is 6.15. The van der Waals surface area contributed by atoms with Gasteiger partial charge in [-0.05, 0) is 42.7 Å². The van der Waals surface area contributed by atoms with E-state index in [9.17, 15) is 0 Å². The van der Waals surface area contributed by atoms with E-state index in [-0.39, 0.29) is 0 Å². The first kappa shape index (κ1) is 12.8. The number of nitrogens with zero attached hydrogens (tertiary/aromatic N) is 1. The molecule has 3 nitrogen and oxygen atoms in total. The molecule has 1 aliphatic carbocycles. The summed E-state index contributed by atoms with van der Waals surface area (Å²) < 4.78 is 5.97. The Morgan fingerprint density at radius 2 is 1.80 bits per heavy atom. The van der Waals surface area contributed by atoms with Gasteiger partial charge in [0.25, 0.3) is 0 Å². The molecular formula is C17H24N2O. The summed E-state index contributed by atoms with van der Waals surface area (Å²) in [5.41, 5.74) is 9.17. The average Bonchev–Trinajstić information content (AvgIpc) is 3.26. The van der Waals surface area contributed by atoms with Crippen molar-refractivity contribution in [1.82, 2.24) is 4.90 Å². The van der Waals surface area contributed by atoms with Gasteiger partial charge in [-0.15, -0.1) is 0 Å². The molecule has 1 aromatic carbocycles. The summed E-state index contributed by atoms with van der Waals surface area (Å²) in [6, 6.07) is 9.32. The van der Waals surface area contributed by atoms with Crippen LogP contribution < -0.4 is 5.73 Å². The highest BCUT2D eigenvalue weighted by Crippen LogP contribution is 2.44. The van der Waals surface area contributed by atoms with Crippen LogP contribution in [-0.2, 0) is 4.74 Å². The van der Waals surface area contributed by atoms with Crippen LogP contribution in [0.3, 0.4) is 0 Å². The Kier molecular flexibility index (Phi) is 3.29. The molecule has 3 fully saturated rings. The molecule has 3 atom stereocenters. The smallest absolute Gasteiger partial charge is 0.0707 e. The molecule has 3 aliphatic rings. The number of hydrogen-bond donors (Lipinski definition) is 1. The van der Waals surface area contributed by atoms with Crippen LogP contribution >= 0.6 is 0 Å². The molecule has 2 heterocycles. The molecule has 2 aliphatic heterocycles. The number of ether oxygens (including phenoxy) is 1. The lowest BCUT2D eigenvalue weighted by atomic mass is 9.95. The molecule has 1 saturated carbocycles. The van der Waals surface area contributed by atoms with E-state index in [0.29, 0.717) is 24.8 Å². The van der Waals surface area contributed by atoms with Crippen molar-refractivity contribution in [3.8, 4) is 0 Å². The van der Waals surface area contributed by atoms with Gasteiger partial charge in [-0.3, -0.25) is 4.90 Å². The van der Waals surface area contributed by atoms with Crippen LogP contribution in [0.1, 0.15) is 48.8 Å². The molecule has 3 heteroatoms. The second kappa shape index (κ2) is 5.14. The van der Waals surface area contributed by atoms with Crippen molar-refractivity contribution in [3.05, 3.63) is 35.4 Å². The molecule has 2 N–H and O–H groups in total. The molecule has 1 aromatic rings. The van der Waals surface area contributed by atoms with Crippen LogP contribution in [0.15, 0.2) is 24.3 Å². The minimum atomic E-state index is 0.374. The summed E-state index contributed by atoms with van der Waals surface area (Å²) in [4.78, 5) is 2.58. The molecule has 0 aromatic heterocycles. The molecule has 20 heavy (non-hydrogen) atoms. The van der Waals surface area contributed by atoms with Gasteiger partial charge in [-0.2, -0.15) is 0 Å². The highest BCUT2D eigenvalue weighted by Gasteiger charge is 2.38. The van der Waals surface area contributed by atoms with Gasteiger partial charge in [0, 0.05) is 25.7 Å². The van der Waals surface area contributed by atoms with Gasteiger partial charge in [0.15, 0.2) is 0 Å². The number of nitrogens with two attached hydrogens (primary N) is 1. The standard InChI is InChI=1S/C17H24N2O/c18-9-17(19-10-13-7-8-14(11-19)20-13)16-4-2-1-3-15(16)12-5-6-12/h1-4,12-14,17H,5-11,18H2. The summed E-state index contributed by atoms with van der Waals surface area (Å²) in [6.45, 7) is 2.82. The molecule has 0 radical (unpaired) electrons. The zero-order valence-electron chi connectivity index (χ0n) is 12.0. The van der Waals surface area contributed by atoms with E-state index >= 15 is 0 Å². The van der Waals surface area contributed by atoms with Crippen molar-refractivity contribution in [2.45, 2.75) is 49.9 Å². The van der Waals surface area contributed by atoms with Crippen LogP contribution in [0.2, 0.25) is 0 Å². The predicted octanol–water partition coefficient (Wildman–Crippen LogP) is 2.43. The van der Waals surface area contributed by atoms with Crippen molar-refractivity contribution >= 4 is 0 Å². The Morgan fingerprint density at radius 1 is 1.10 bits per heavy atom. The number of hydrogen-bond acceptors (Lipinski definition) is 3. The third-order valence-electron chi connectivity index (χ3n) is 5.11. The fraction of sp³-hybridized carbons (Fsp3) is 0.647. The van der Waals surface area contributed by atoms with Gasteiger partial charge in [-0.1, -0.05) is 24.3 Å². The van der Waals surface area contributed by atoms with E-state index in [0.717, 1.165) is 19.0 Å². The largest absolute Gasteiger partial charge is 0.372 e. The topological polar surface area (TPSA) is 38.5 Å². The van der Waals surface area contributed by atoms with Crippen LogP contribution in [0.25, 0.3) is 0 Å². The monoisotopic (exact) mass is 272 g/mol. The van der Waals surface area contributed by atoms with E-state index in [2.05, 4.69) is 29.2 Å². The zero-order valence-corrected chi connectivity index (χ0v) is 12.0. The Bertz CT molecular complexity index is 474. The van der Waals surface area contributed by atoms with Crippen molar-refractivity contribution < 1.29 is 4.74 Å². The van der Waals surface area contributed by atoms with Crippen molar-refractivity contribution in [2.75, 3.05) is 19.6 Å². The van der Waals surface area contributed by atoms with Gasteiger partial charge in [-0.25, -0.2) is 0 Å². The number of morpholine rings is 1. The number of likely N-dealkylation sites (tertiary alicyclic amines) is 1. The lowest BCUT2D eigenvalue weighted by Crippen LogP contribution is -2.46. The quantitative estimate of drug-likeness (QED) is 0.915. The van der Waals surface area contributed by atoms with Crippen LogP contribution in [0.5, 0.6) is 0 Å². The number of fused-ring (bicyclic) bond motifs is 2. The summed E-state index contributed by atoms with van der Waals surface area (Å²) >= 11 is 0. The molecule has 4 rings (SSSR count).